The van der Waals surface area contributed by atoms with Crippen LogP contribution in [0.15, 0.2) is 29.2 Å². The van der Waals surface area contributed by atoms with Crippen LogP contribution in [-0.2, 0) is 24.2 Å². The standard InChI is InChI=1S/C23H31N5O2S/c1-31-19-9-7-18(8-10-19)23(30)27-14-12-21-26-25-20(28(21)16-15-27)11-13-24-22(29)17-5-3-2-4-6-17/h7-10,17H,2-6,11-16H2,1H3,(H,24,29). The Morgan fingerprint density at radius 2 is 1.84 bits per heavy atom. The highest BCUT2D eigenvalue weighted by Gasteiger charge is 2.23. The molecule has 1 N–H and O–H groups in total. The van der Waals surface area contributed by atoms with Gasteiger partial charge in [0.1, 0.15) is 11.6 Å². The number of rotatable bonds is 6. The molecule has 1 saturated carbocycles. The Morgan fingerprint density at radius 3 is 2.58 bits per heavy atom. The molecule has 166 valence electrons. The summed E-state index contributed by atoms with van der Waals surface area (Å²) in [4.78, 5) is 28.3. The molecule has 2 aliphatic rings. The molecule has 31 heavy (non-hydrogen) atoms. The molecule has 1 aromatic heterocycles. The van der Waals surface area contributed by atoms with Crippen LogP contribution in [0.25, 0.3) is 0 Å². The molecule has 1 aliphatic carbocycles. The quantitative estimate of drug-likeness (QED) is 0.697. The minimum Gasteiger partial charge on any atom is -0.355 e. The van der Waals surface area contributed by atoms with E-state index in [1.165, 1.54) is 6.42 Å². The maximum atomic E-state index is 12.9. The maximum Gasteiger partial charge on any atom is 0.253 e. The van der Waals surface area contributed by atoms with Gasteiger partial charge >= 0.3 is 0 Å². The molecule has 2 aromatic rings. The third kappa shape index (κ3) is 5.29. The van der Waals surface area contributed by atoms with Crippen molar-refractivity contribution in [2.45, 2.75) is 56.4 Å². The number of hydrogen-bond acceptors (Lipinski definition) is 5. The fourth-order valence-electron chi connectivity index (χ4n) is 4.49. The zero-order chi connectivity index (χ0) is 21.6. The summed E-state index contributed by atoms with van der Waals surface area (Å²) in [6.45, 7) is 2.54. The lowest BCUT2D eigenvalue weighted by Gasteiger charge is -2.21. The molecule has 8 heteroatoms. The number of nitrogens with zero attached hydrogens (tertiary/aromatic N) is 4. The van der Waals surface area contributed by atoms with Crippen LogP contribution < -0.4 is 5.32 Å². The van der Waals surface area contributed by atoms with Crippen molar-refractivity contribution in [3.63, 3.8) is 0 Å². The van der Waals surface area contributed by atoms with E-state index in [4.69, 9.17) is 0 Å². The molecule has 2 amide bonds. The van der Waals surface area contributed by atoms with Crippen molar-refractivity contribution < 1.29 is 9.59 Å². The smallest absolute Gasteiger partial charge is 0.253 e. The summed E-state index contributed by atoms with van der Waals surface area (Å²) in [7, 11) is 0. The fraction of sp³-hybridized carbons (Fsp3) is 0.565. The first-order valence-electron chi connectivity index (χ1n) is 11.3. The highest BCUT2D eigenvalue weighted by molar-refractivity contribution is 7.98. The third-order valence-corrected chi connectivity index (χ3v) is 7.09. The summed E-state index contributed by atoms with van der Waals surface area (Å²) < 4.78 is 2.12. The summed E-state index contributed by atoms with van der Waals surface area (Å²) in [5.74, 6) is 2.22. The molecular weight excluding hydrogens is 410 g/mol. The number of carbonyl (C=O) groups is 2. The van der Waals surface area contributed by atoms with Gasteiger partial charge in [0.2, 0.25) is 5.91 Å². The van der Waals surface area contributed by atoms with Crippen LogP contribution in [0.2, 0.25) is 0 Å². The van der Waals surface area contributed by atoms with E-state index >= 15 is 0 Å². The second-order valence-electron chi connectivity index (χ2n) is 8.33. The molecule has 0 bridgehead atoms. The van der Waals surface area contributed by atoms with Crippen molar-refractivity contribution in [2.24, 2.45) is 5.92 Å². The summed E-state index contributed by atoms with van der Waals surface area (Å²) in [5, 5.41) is 11.8. The fourth-order valence-corrected chi connectivity index (χ4v) is 4.90. The third-order valence-electron chi connectivity index (χ3n) is 6.35. The highest BCUT2D eigenvalue weighted by Crippen LogP contribution is 2.23. The van der Waals surface area contributed by atoms with Crippen molar-refractivity contribution in [3.8, 4) is 0 Å². The Hall–Kier alpha value is -2.35. The van der Waals surface area contributed by atoms with E-state index in [2.05, 4.69) is 20.1 Å². The van der Waals surface area contributed by atoms with E-state index in [9.17, 15) is 9.59 Å². The predicted molar refractivity (Wildman–Crippen MR) is 121 cm³/mol. The number of aromatic nitrogens is 3. The predicted octanol–water partition coefficient (Wildman–Crippen LogP) is 2.94. The molecule has 1 aliphatic heterocycles. The van der Waals surface area contributed by atoms with Gasteiger partial charge in [0.05, 0.1) is 0 Å². The lowest BCUT2D eigenvalue weighted by atomic mass is 9.89. The number of thioether (sulfide) groups is 1. The Kier molecular flexibility index (Phi) is 7.27. The summed E-state index contributed by atoms with van der Waals surface area (Å²) in [5.41, 5.74) is 0.723. The lowest BCUT2D eigenvalue weighted by Crippen LogP contribution is -2.34. The van der Waals surface area contributed by atoms with Crippen LogP contribution >= 0.6 is 11.8 Å². The molecule has 0 spiro atoms. The molecule has 7 nitrogen and oxygen atoms in total. The zero-order valence-corrected chi connectivity index (χ0v) is 19.0. The Bertz CT molecular complexity index is 905. The average molecular weight is 442 g/mol. The van der Waals surface area contributed by atoms with Gasteiger partial charge in [0.25, 0.3) is 5.91 Å². The van der Waals surface area contributed by atoms with E-state index in [0.29, 0.717) is 39.0 Å². The molecule has 4 rings (SSSR count). The molecule has 2 heterocycles. The Morgan fingerprint density at radius 1 is 1.06 bits per heavy atom. The Labute approximate surface area is 188 Å². The second-order valence-corrected chi connectivity index (χ2v) is 9.21. The SMILES string of the molecule is CSc1ccc(C(=O)N2CCc3nnc(CCNC(=O)C4CCCCC4)n3CC2)cc1. The van der Waals surface area contributed by atoms with Gasteiger partial charge in [-0.1, -0.05) is 19.3 Å². The second kappa shape index (κ2) is 10.3. The average Bonchev–Trinajstić information content (AvgIpc) is 3.07. The van der Waals surface area contributed by atoms with Crippen LogP contribution in [-0.4, -0.2) is 57.4 Å². The van der Waals surface area contributed by atoms with Crippen molar-refractivity contribution in [3.05, 3.63) is 41.5 Å². The number of hydrogen-bond donors (Lipinski definition) is 1. The number of amides is 2. The molecule has 0 atom stereocenters. The topological polar surface area (TPSA) is 80.1 Å². The number of nitrogens with one attached hydrogen (secondary N) is 1. The van der Waals surface area contributed by atoms with Crippen LogP contribution in [0.3, 0.4) is 0 Å². The van der Waals surface area contributed by atoms with Crippen molar-refractivity contribution in [1.29, 1.82) is 0 Å². The van der Waals surface area contributed by atoms with E-state index in [-0.39, 0.29) is 17.7 Å². The van der Waals surface area contributed by atoms with E-state index in [1.807, 2.05) is 35.4 Å². The van der Waals surface area contributed by atoms with Gasteiger partial charge in [-0.05, 0) is 43.4 Å². The van der Waals surface area contributed by atoms with E-state index < -0.39 is 0 Å². The minimum atomic E-state index is 0.0626. The summed E-state index contributed by atoms with van der Waals surface area (Å²) >= 11 is 1.67. The molecule has 1 fully saturated rings. The van der Waals surface area contributed by atoms with Gasteiger partial charge < -0.3 is 14.8 Å². The first-order valence-corrected chi connectivity index (χ1v) is 12.5. The Balaban J connectivity index is 1.31. The van der Waals surface area contributed by atoms with Gasteiger partial charge in [-0.3, -0.25) is 9.59 Å². The summed E-state index contributed by atoms with van der Waals surface area (Å²) in [6.07, 6.45) is 8.97. The number of fused-ring (bicyclic) bond motifs is 1. The molecular formula is C23H31N5O2S. The highest BCUT2D eigenvalue weighted by atomic mass is 32.2. The summed E-state index contributed by atoms with van der Waals surface area (Å²) in [6, 6.07) is 7.79. The first kappa shape index (κ1) is 21.9. The van der Waals surface area contributed by atoms with Crippen molar-refractivity contribution in [2.75, 3.05) is 25.9 Å². The van der Waals surface area contributed by atoms with Crippen LogP contribution in [0.5, 0.6) is 0 Å². The van der Waals surface area contributed by atoms with Gasteiger partial charge in [-0.15, -0.1) is 22.0 Å². The molecule has 0 saturated heterocycles. The van der Waals surface area contributed by atoms with E-state index in [1.54, 1.807) is 11.8 Å². The monoisotopic (exact) mass is 441 g/mol. The molecule has 1 aromatic carbocycles. The van der Waals surface area contributed by atoms with Crippen molar-refractivity contribution in [1.82, 2.24) is 25.0 Å². The lowest BCUT2D eigenvalue weighted by molar-refractivity contribution is -0.125. The minimum absolute atomic E-state index is 0.0626. The number of carbonyl (C=O) groups excluding carboxylic acids is 2. The first-order chi connectivity index (χ1) is 15.2. The van der Waals surface area contributed by atoms with Gasteiger partial charge in [-0.25, -0.2) is 0 Å². The van der Waals surface area contributed by atoms with Crippen LogP contribution in [0.4, 0.5) is 0 Å². The maximum absolute atomic E-state index is 12.9. The van der Waals surface area contributed by atoms with Crippen molar-refractivity contribution >= 4 is 23.6 Å². The zero-order valence-electron chi connectivity index (χ0n) is 18.2. The number of benzene rings is 1. The molecule has 0 radical (unpaired) electrons. The van der Waals surface area contributed by atoms with Gasteiger partial charge in [0, 0.05) is 55.4 Å². The molecule has 0 unspecified atom stereocenters. The largest absolute Gasteiger partial charge is 0.355 e. The van der Waals surface area contributed by atoms with Crippen LogP contribution in [0.1, 0.15) is 54.1 Å². The van der Waals surface area contributed by atoms with E-state index in [0.717, 1.165) is 47.8 Å². The van der Waals surface area contributed by atoms with Crippen LogP contribution in [0, 0.1) is 5.92 Å². The normalized spacial score (nSPS) is 17.1. The van der Waals surface area contributed by atoms with Gasteiger partial charge in [0.15, 0.2) is 0 Å². The van der Waals surface area contributed by atoms with Gasteiger partial charge in [-0.2, -0.15) is 0 Å².